The molecular weight excluding hydrogens is 262 g/mol. The summed E-state index contributed by atoms with van der Waals surface area (Å²) in [4.78, 5) is 8.89. The van der Waals surface area contributed by atoms with Crippen molar-refractivity contribution in [3.63, 3.8) is 0 Å². The van der Waals surface area contributed by atoms with E-state index in [0.717, 1.165) is 5.22 Å². The average Bonchev–Trinajstić information content (AvgIpc) is 2.45. The first kappa shape index (κ1) is 14.8. The molecule has 0 radical (unpaired) electrons. The number of allylic oxidation sites excluding steroid dienone is 2. The number of anilines is 1. The fourth-order valence-corrected chi connectivity index (χ4v) is 1.91. The predicted octanol–water partition coefficient (Wildman–Crippen LogP) is 2.05. The number of nitrogens with one attached hydrogen (secondary N) is 1. The van der Waals surface area contributed by atoms with Crippen LogP contribution in [-0.4, -0.2) is 22.1 Å². The molecule has 0 aliphatic heterocycles. The van der Waals surface area contributed by atoms with E-state index in [1.807, 2.05) is 32.1 Å². The Balaban J connectivity index is 2.68. The third-order valence-corrected chi connectivity index (χ3v) is 2.99. The molecule has 0 unspecified atom stereocenters. The van der Waals surface area contributed by atoms with Crippen molar-refractivity contribution in [2.75, 3.05) is 12.4 Å². The standard InChI is InChI=1S/C17H19N3O/c1-11(2)9-10-13-12(3)19-17(20-16(13)18-4)14-7-5-6-8-15(14)21/h5-10,21H,3H2,1-2,4H3,(H,18,19,20)/b13-10+. The zero-order chi connectivity index (χ0) is 15.4. The van der Waals surface area contributed by atoms with Crippen molar-refractivity contribution in [1.82, 2.24) is 9.97 Å². The molecule has 0 amide bonds. The second-order valence-corrected chi connectivity index (χ2v) is 4.93. The number of phenolic OH excluding ortho intramolecular Hbond substituents is 1. The number of hydrogen-bond donors (Lipinski definition) is 2. The van der Waals surface area contributed by atoms with Gasteiger partial charge < -0.3 is 10.4 Å². The van der Waals surface area contributed by atoms with Crippen LogP contribution >= 0.6 is 0 Å². The van der Waals surface area contributed by atoms with E-state index in [0.29, 0.717) is 22.6 Å². The summed E-state index contributed by atoms with van der Waals surface area (Å²) < 4.78 is 0. The molecule has 0 bridgehead atoms. The topological polar surface area (TPSA) is 58.0 Å². The van der Waals surface area contributed by atoms with Crippen LogP contribution in [0, 0.1) is 0 Å². The molecule has 4 heteroatoms. The molecule has 108 valence electrons. The van der Waals surface area contributed by atoms with Gasteiger partial charge in [-0.3, -0.25) is 0 Å². The minimum atomic E-state index is 0.153. The highest BCUT2D eigenvalue weighted by molar-refractivity contribution is 5.65. The van der Waals surface area contributed by atoms with E-state index in [1.54, 1.807) is 25.2 Å². The molecule has 1 aromatic heterocycles. The third kappa shape index (κ3) is 3.28. The van der Waals surface area contributed by atoms with Crippen LogP contribution in [0.2, 0.25) is 0 Å². The molecule has 2 aromatic rings. The molecule has 0 spiro atoms. The molecule has 0 saturated carbocycles. The van der Waals surface area contributed by atoms with Gasteiger partial charge >= 0.3 is 0 Å². The Hall–Kier alpha value is -2.62. The molecule has 4 nitrogen and oxygen atoms in total. The molecular formula is C17H19N3O. The van der Waals surface area contributed by atoms with E-state index < -0.39 is 0 Å². The van der Waals surface area contributed by atoms with Crippen LogP contribution in [0.15, 0.2) is 35.9 Å². The normalized spacial score (nSPS) is 11.3. The summed E-state index contributed by atoms with van der Waals surface area (Å²) in [6.45, 7) is 8.04. The van der Waals surface area contributed by atoms with Gasteiger partial charge in [-0.25, -0.2) is 9.97 Å². The van der Waals surface area contributed by atoms with Crippen LogP contribution in [0.25, 0.3) is 24.0 Å². The molecule has 2 rings (SSSR count). The van der Waals surface area contributed by atoms with E-state index in [1.165, 1.54) is 5.57 Å². The minimum Gasteiger partial charge on any atom is -0.507 e. The van der Waals surface area contributed by atoms with Gasteiger partial charge in [0.05, 0.1) is 10.9 Å². The van der Waals surface area contributed by atoms with E-state index >= 15 is 0 Å². The van der Waals surface area contributed by atoms with E-state index in [2.05, 4.69) is 21.9 Å². The quantitative estimate of drug-likeness (QED) is 0.904. The first-order valence-corrected chi connectivity index (χ1v) is 6.71. The molecule has 0 atom stereocenters. The summed E-state index contributed by atoms with van der Waals surface area (Å²) in [5, 5.41) is 14.4. The summed E-state index contributed by atoms with van der Waals surface area (Å²) in [7, 11) is 1.80. The van der Waals surface area contributed by atoms with Gasteiger partial charge in [0.15, 0.2) is 5.82 Å². The Kier molecular flexibility index (Phi) is 4.38. The Morgan fingerprint density at radius 1 is 1.24 bits per heavy atom. The lowest BCUT2D eigenvalue weighted by molar-refractivity contribution is 0.477. The van der Waals surface area contributed by atoms with Crippen molar-refractivity contribution in [1.29, 1.82) is 0 Å². The fraction of sp³-hybridized carbons (Fsp3) is 0.176. The van der Waals surface area contributed by atoms with Crippen LogP contribution in [0.1, 0.15) is 13.8 Å². The maximum absolute atomic E-state index is 9.93. The number of phenols is 1. The lowest BCUT2D eigenvalue weighted by Crippen LogP contribution is -2.31. The first-order chi connectivity index (χ1) is 10.0. The minimum absolute atomic E-state index is 0.153. The lowest BCUT2D eigenvalue weighted by atomic mass is 10.2. The second kappa shape index (κ2) is 6.22. The molecule has 0 fully saturated rings. The summed E-state index contributed by atoms with van der Waals surface area (Å²) >= 11 is 0. The zero-order valence-electron chi connectivity index (χ0n) is 12.5. The fourth-order valence-electron chi connectivity index (χ4n) is 1.91. The SMILES string of the molecule is C=c1nc(-c2ccccc2O)nc(NC)/c1=C/C=C(C)C. The highest BCUT2D eigenvalue weighted by atomic mass is 16.3. The number of aromatic nitrogens is 2. The Morgan fingerprint density at radius 2 is 1.95 bits per heavy atom. The number of benzene rings is 1. The van der Waals surface area contributed by atoms with E-state index in [-0.39, 0.29) is 5.75 Å². The summed E-state index contributed by atoms with van der Waals surface area (Å²) in [5.41, 5.74) is 1.77. The number of aromatic hydroxyl groups is 1. The predicted molar refractivity (Wildman–Crippen MR) is 87.3 cm³/mol. The average molecular weight is 281 g/mol. The monoisotopic (exact) mass is 281 g/mol. The van der Waals surface area contributed by atoms with Crippen LogP contribution in [0.4, 0.5) is 5.82 Å². The van der Waals surface area contributed by atoms with Gasteiger partial charge in [0, 0.05) is 12.3 Å². The Labute approximate surface area is 124 Å². The van der Waals surface area contributed by atoms with Crippen molar-refractivity contribution >= 4 is 18.5 Å². The maximum atomic E-state index is 9.93. The Bertz CT molecular complexity index is 790. The van der Waals surface area contributed by atoms with Crippen molar-refractivity contribution < 1.29 is 5.11 Å². The van der Waals surface area contributed by atoms with Crippen molar-refractivity contribution in [2.24, 2.45) is 0 Å². The maximum Gasteiger partial charge on any atom is 0.165 e. The molecule has 0 aliphatic rings. The summed E-state index contributed by atoms with van der Waals surface area (Å²) in [6, 6.07) is 7.00. The molecule has 0 saturated heterocycles. The first-order valence-electron chi connectivity index (χ1n) is 6.71. The highest BCUT2D eigenvalue weighted by Crippen LogP contribution is 2.24. The third-order valence-electron chi connectivity index (χ3n) is 2.99. The van der Waals surface area contributed by atoms with Crippen LogP contribution in [0.5, 0.6) is 5.75 Å². The molecule has 1 heterocycles. The van der Waals surface area contributed by atoms with Gasteiger partial charge in [-0.1, -0.05) is 30.4 Å². The summed E-state index contributed by atoms with van der Waals surface area (Å²) in [5.74, 6) is 1.29. The van der Waals surface area contributed by atoms with Crippen LogP contribution in [-0.2, 0) is 0 Å². The largest absolute Gasteiger partial charge is 0.507 e. The lowest BCUT2D eigenvalue weighted by Gasteiger charge is -2.06. The van der Waals surface area contributed by atoms with Crippen molar-refractivity contribution in [3.05, 3.63) is 46.5 Å². The number of rotatable bonds is 3. The molecule has 0 aliphatic carbocycles. The number of hydrogen-bond acceptors (Lipinski definition) is 4. The number of nitrogens with zero attached hydrogens (tertiary/aromatic N) is 2. The van der Waals surface area contributed by atoms with E-state index in [9.17, 15) is 5.11 Å². The van der Waals surface area contributed by atoms with Gasteiger partial charge in [-0.05, 0) is 32.1 Å². The molecule has 21 heavy (non-hydrogen) atoms. The Morgan fingerprint density at radius 3 is 2.57 bits per heavy atom. The second-order valence-electron chi connectivity index (χ2n) is 4.93. The van der Waals surface area contributed by atoms with Crippen LogP contribution < -0.4 is 15.9 Å². The van der Waals surface area contributed by atoms with Gasteiger partial charge in [0.1, 0.15) is 11.6 Å². The van der Waals surface area contributed by atoms with Crippen molar-refractivity contribution in [2.45, 2.75) is 13.8 Å². The molecule has 2 N–H and O–H groups in total. The smallest absolute Gasteiger partial charge is 0.165 e. The van der Waals surface area contributed by atoms with E-state index in [4.69, 9.17) is 0 Å². The van der Waals surface area contributed by atoms with Crippen LogP contribution in [0.3, 0.4) is 0 Å². The zero-order valence-corrected chi connectivity index (χ0v) is 12.5. The van der Waals surface area contributed by atoms with Gasteiger partial charge in [0.2, 0.25) is 0 Å². The van der Waals surface area contributed by atoms with Crippen molar-refractivity contribution in [3.8, 4) is 17.1 Å². The summed E-state index contributed by atoms with van der Waals surface area (Å²) in [6.07, 6.45) is 3.94. The van der Waals surface area contributed by atoms with Gasteiger partial charge in [-0.15, -0.1) is 0 Å². The highest BCUT2D eigenvalue weighted by Gasteiger charge is 2.08. The number of para-hydroxylation sites is 1. The van der Waals surface area contributed by atoms with Gasteiger partial charge in [0.25, 0.3) is 0 Å². The molecule has 1 aromatic carbocycles. The van der Waals surface area contributed by atoms with Gasteiger partial charge in [-0.2, -0.15) is 0 Å².